The van der Waals surface area contributed by atoms with Crippen LogP contribution in [0.1, 0.15) is 19.2 Å². The Morgan fingerprint density at radius 1 is 1.16 bits per heavy atom. The van der Waals surface area contributed by atoms with Gasteiger partial charge in [-0.2, -0.15) is 4.98 Å². The molecule has 0 aromatic carbocycles. The van der Waals surface area contributed by atoms with E-state index in [1.54, 1.807) is 13.2 Å². The molecule has 0 aliphatic carbocycles. The summed E-state index contributed by atoms with van der Waals surface area (Å²) in [5, 5.41) is 3.14. The molecule has 0 saturated carbocycles. The van der Waals surface area contributed by atoms with Crippen LogP contribution in [0.2, 0.25) is 0 Å². The van der Waals surface area contributed by atoms with E-state index in [1.165, 1.54) is 0 Å². The molecule has 0 aliphatic heterocycles. The van der Waals surface area contributed by atoms with Crippen molar-refractivity contribution in [2.75, 3.05) is 45.4 Å². The maximum atomic E-state index is 5.53. The van der Waals surface area contributed by atoms with Crippen LogP contribution in [-0.2, 0) is 9.47 Å². The Morgan fingerprint density at radius 3 is 2.74 bits per heavy atom. The number of aromatic nitrogens is 2. The summed E-state index contributed by atoms with van der Waals surface area (Å²) in [6.07, 6.45) is 0.897. The molecule has 0 saturated heterocycles. The second kappa shape index (κ2) is 9.52. The first-order valence-corrected chi connectivity index (χ1v) is 6.55. The van der Waals surface area contributed by atoms with E-state index in [2.05, 4.69) is 15.3 Å². The summed E-state index contributed by atoms with van der Waals surface area (Å²) in [4.78, 5) is 8.47. The number of hydrogen-bond donors (Lipinski definition) is 1. The Morgan fingerprint density at radius 2 is 2.00 bits per heavy atom. The van der Waals surface area contributed by atoms with Crippen molar-refractivity contribution in [2.24, 2.45) is 0 Å². The standard InChI is InChI=1S/C13H23N3O3/c1-4-14-12-10-13(16-11(2)15-12)19-9-8-18-7-5-6-17-3/h10H,4-9H2,1-3H3,(H,14,15,16). The molecule has 0 unspecified atom stereocenters. The van der Waals surface area contributed by atoms with E-state index >= 15 is 0 Å². The van der Waals surface area contributed by atoms with E-state index in [4.69, 9.17) is 14.2 Å². The fourth-order valence-corrected chi connectivity index (χ4v) is 1.50. The fourth-order valence-electron chi connectivity index (χ4n) is 1.50. The summed E-state index contributed by atoms with van der Waals surface area (Å²) in [5.74, 6) is 2.05. The van der Waals surface area contributed by atoms with Crippen molar-refractivity contribution in [1.82, 2.24) is 9.97 Å². The number of anilines is 1. The smallest absolute Gasteiger partial charge is 0.218 e. The van der Waals surface area contributed by atoms with Crippen molar-refractivity contribution in [1.29, 1.82) is 0 Å². The second-order valence-corrected chi connectivity index (χ2v) is 3.98. The van der Waals surface area contributed by atoms with Crippen molar-refractivity contribution in [3.05, 3.63) is 11.9 Å². The topological polar surface area (TPSA) is 65.5 Å². The average molecular weight is 269 g/mol. The molecule has 1 heterocycles. The summed E-state index contributed by atoms with van der Waals surface area (Å²) in [5.41, 5.74) is 0. The molecule has 0 radical (unpaired) electrons. The van der Waals surface area contributed by atoms with Gasteiger partial charge in [0.05, 0.1) is 6.61 Å². The number of nitrogens with one attached hydrogen (secondary N) is 1. The van der Waals surface area contributed by atoms with Gasteiger partial charge in [0.25, 0.3) is 0 Å². The molecule has 6 nitrogen and oxygen atoms in total. The van der Waals surface area contributed by atoms with E-state index in [9.17, 15) is 0 Å². The van der Waals surface area contributed by atoms with Crippen molar-refractivity contribution < 1.29 is 14.2 Å². The van der Waals surface area contributed by atoms with Gasteiger partial charge in [0.1, 0.15) is 18.2 Å². The summed E-state index contributed by atoms with van der Waals surface area (Å²) < 4.78 is 15.9. The van der Waals surface area contributed by atoms with Crippen LogP contribution in [0, 0.1) is 6.92 Å². The minimum atomic E-state index is 0.481. The maximum absolute atomic E-state index is 5.53. The van der Waals surface area contributed by atoms with Crippen LogP contribution in [0.25, 0.3) is 0 Å². The van der Waals surface area contributed by atoms with Gasteiger partial charge >= 0.3 is 0 Å². The SMILES string of the molecule is CCNc1cc(OCCOCCCOC)nc(C)n1. The van der Waals surface area contributed by atoms with Crippen LogP contribution in [0.4, 0.5) is 5.82 Å². The summed E-state index contributed by atoms with van der Waals surface area (Å²) in [6, 6.07) is 1.79. The number of hydrogen-bond acceptors (Lipinski definition) is 6. The lowest BCUT2D eigenvalue weighted by molar-refractivity contribution is 0.0795. The highest BCUT2D eigenvalue weighted by molar-refractivity contribution is 5.38. The van der Waals surface area contributed by atoms with Crippen molar-refractivity contribution >= 4 is 5.82 Å². The second-order valence-electron chi connectivity index (χ2n) is 3.98. The molecule has 1 aromatic rings. The first-order chi connectivity index (χ1) is 9.26. The van der Waals surface area contributed by atoms with Gasteiger partial charge in [-0.3, -0.25) is 0 Å². The number of rotatable bonds is 10. The number of methoxy groups -OCH3 is 1. The van der Waals surface area contributed by atoms with E-state index in [1.807, 2.05) is 13.8 Å². The molecule has 0 atom stereocenters. The molecule has 19 heavy (non-hydrogen) atoms. The molecule has 0 spiro atoms. The minimum absolute atomic E-state index is 0.481. The lowest BCUT2D eigenvalue weighted by Crippen LogP contribution is -2.10. The van der Waals surface area contributed by atoms with Gasteiger partial charge in [0.15, 0.2) is 0 Å². The van der Waals surface area contributed by atoms with E-state index < -0.39 is 0 Å². The third-order valence-corrected chi connectivity index (χ3v) is 2.29. The predicted molar refractivity (Wildman–Crippen MR) is 73.7 cm³/mol. The molecule has 0 bridgehead atoms. The average Bonchev–Trinajstić information content (AvgIpc) is 2.37. The van der Waals surface area contributed by atoms with Crippen LogP contribution >= 0.6 is 0 Å². The zero-order valence-electron chi connectivity index (χ0n) is 11.9. The molecule has 108 valence electrons. The lowest BCUT2D eigenvalue weighted by Gasteiger charge is -2.09. The quantitative estimate of drug-likeness (QED) is 0.652. The molecular weight excluding hydrogens is 246 g/mol. The van der Waals surface area contributed by atoms with Crippen LogP contribution in [-0.4, -0.2) is 50.1 Å². The van der Waals surface area contributed by atoms with E-state index in [0.717, 1.165) is 25.4 Å². The van der Waals surface area contributed by atoms with Crippen molar-refractivity contribution in [2.45, 2.75) is 20.3 Å². The molecular formula is C13H23N3O3. The van der Waals surface area contributed by atoms with Crippen LogP contribution in [0.5, 0.6) is 5.88 Å². The predicted octanol–water partition coefficient (Wildman–Crippen LogP) is 1.65. The molecule has 0 fully saturated rings. The van der Waals surface area contributed by atoms with Crippen LogP contribution < -0.4 is 10.1 Å². The summed E-state index contributed by atoms with van der Waals surface area (Å²) >= 11 is 0. The first kappa shape index (κ1) is 15.7. The highest BCUT2D eigenvalue weighted by Crippen LogP contribution is 2.12. The van der Waals surface area contributed by atoms with E-state index in [0.29, 0.717) is 31.5 Å². The fraction of sp³-hybridized carbons (Fsp3) is 0.692. The van der Waals surface area contributed by atoms with Crippen LogP contribution in [0.3, 0.4) is 0 Å². The van der Waals surface area contributed by atoms with Crippen molar-refractivity contribution in [3.63, 3.8) is 0 Å². The largest absolute Gasteiger partial charge is 0.475 e. The van der Waals surface area contributed by atoms with Gasteiger partial charge in [-0.05, 0) is 20.3 Å². The van der Waals surface area contributed by atoms with Crippen molar-refractivity contribution in [3.8, 4) is 5.88 Å². The molecule has 0 amide bonds. The summed E-state index contributed by atoms with van der Waals surface area (Å²) in [6.45, 7) is 7.11. The van der Waals surface area contributed by atoms with Gasteiger partial charge in [-0.25, -0.2) is 4.98 Å². The third-order valence-electron chi connectivity index (χ3n) is 2.29. The Balaban J connectivity index is 2.25. The zero-order valence-corrected chi connectivity index (χ0v) is 11.9. The molecule has 1 aromatic heterocycles. The van der Waals surface area contributed by atoms with Gasteiger partial charge in [0, 0.05) is 32.9 Å². The number of aryl methyl sites for hydroxylation is 1. The van der Waals surface area contributed by atoms with E-state index in [-0.39, 0.29) is 0 Å². The Bertz CT molecular complexity index is 361. The maximum Gasteiger partial charge on any atom is 0.218 e. The van der Waals surface area contributed by atoms with Crippen LogP contribution in [0.15, 0.2) is 6.07 Å². The van der Waals surface area contributed by atoms with Gasteiger partial charge < -0.3 is 19.5 Å². The molecule has 0 aliphatic rings. The van der Waals surface area contributed by atoms with Gasteiger partial charge in [-0.1, -0.05) is 0 Å². The van der Waals surface area contributed by atoms with Gasteiger partial charge in [-0.15, -0.1) is 0 Å². The third kappa shape index (κ3) is 6.93. The van der Waals surface area contributed by atoms with Gasteiger partial charge in [0.2, 0.25) is 5.88 Å². The normalized spacial score (nSPS) is 10.5. The number of ether oxygens (including phenoxy) is 3. The lowest BCUT2D eigenvalue weighted by atomic mass is 10.5. The monoisotopic (exact) mass is 269 g/mol. The number of nitrogens with zero attached hydrogens (tertiary/aromatic N) is 2. The first-order valence-electron chi connectivity index (χ1n) is 6.55. The highest BCUT2D eigenvalue weighted by atomic mass is 16.5. The Hall–Kier alpha value is -1.40. The Labute approximate surface area is 114 Å². The minimum Gasteiger partial charge on any atom is -0.475 e. The Kier molecular flexibility index (Phi) is 7.84. The molecule has 6 heteroatoms. The molecule has 1 N–H and O–H groups in total. The summed E-state index contributed by atoms with van der Waals surface area (Å²) in [7, 11) is 1.68. The zero-order chi connectivity index (χ0) is 13.9. The molecule has 1 rings (SSSR count). The highest BCUT2D eigenvalue weighted by Gasteiger charge is 2.02.